The van der Waals surface area contributed by atoms with Crippen LogP contribution in [-0.4, -0.2) is 23.7 Å². The first-order valence-corrected chi connectivity index (χ1v) is 4.44. The lowest BCUT2D eigenvalue weighted by atomic mass is 10.5. The molecule has 0 fully saturated rings. The van der Waals surface area contributed by atoms with Crippen molar-refractivity contribution in [2.45, 2.75) is 6.42 Å². The number of hydrogen-bond acceptors (Lipinski definition) is 3. The highest BCUT2D eigenvalue weighted by molar-refractivity contribution is 7.56. The second-order valence-electron chi connectivity index (χ2n) is 1.64. The first kappa shape index (κ1) is 9.85. The lowest BCUT2D eigenvalue weighted by Crippen LogP contribution is -1.79. The highest BCUT2D eigenvalue weighted by atomic mass is 31.2. The molecule has 0 aliphatic rings. The van der Waals surface area contributed by atoms with Gasteiger partial charge < -0.3 is 14.5 Å². The van der Waals surface area contributed by atoms with Crippen LogP contribution in [0.25, 0.3) is 0 Å². The van der Waals surface area contributed by atoms with Crippen LogP contribution in [0.5, 0.6) is 0 Å². The summed E-state index contributed by atoms with van der Waals surface area (Å²) in [6.45, 7) is -0.0276. The fraction of sp³-hybridized carbons (Fsp3) is 0.600. The highest BCUT2D eigenvalue weighted by Crippen LogP contribution is 2.42. The molecular formula is C5H11O4P. The Kier molecular flexibility index (Phi) is 4.56. The van der Waals surface area contributed by atoms with Crippen LogP contribution >= 0.6 is 7.60 Å². The van der Waals surface area contributed by atoms with E-state index in [1.54, 1.807) is 0 Å². The molecule has 0 saturated carbocycles. The highest BCUT2D eigenvalue weighted by Gasteiger charge is 2.09. The van der Waals surface area contributed by atoms with Crippen molar-refractivity contribution in [1.29, 1.82) is 0 Å². The van der Waals surface area contributed by atoms with Crippen LogP contribution in [0.1, 0.15) is 6.42 Å². The maximum Gasteiger partial charge on any atom is 0.351 e. The Morgan fingerprint density at radius 3 is 2.70 bits per heavy atom. The third-order valence-electron chi connectivity index (χ3n) is 0.851. The van der Waals surface area contributed by atoms with E-state index in [1.807, 2.05) is 0 Å². The normalized spacial score (nSPS) is 17.5. The summed E-state index contributed by atoms with van der Waals surface area (Å²) >= 11 is 0. The summed E-state index contributed by atoms with van der Waals surface area (Å²) in [7, 11) is -2.34. The van der Waals surface area contributed by atoms with Crippen molar-refractivity contribution in [1.82, 2.24) is 0 Å². The zero-order valence-corrected chi connectivity index (χ0v) is 6.62. The topological polar surface area (TPSA) is 66.8 Å². The minimum Gasteiger partial charge on any atom is -0.396 e. The second-order valence-corrected chi connectivity index (χ2v) is 3.44. The molecule has 4 nitrogen and oxygen atoms in total. The van der Waals surface area contributed by atoms with Crippen LogP contribution in [0.2, 0.25) is 0 Å². The van der Waals surface area contributed by atoms with Crippen molar-refractivity contribution >= 4 is 7.60 Å². The molecular weight excluding hydrogens is 155 g/mol. The van der Waals surface area contributed by atoms with Gasteiger partial charge in [0.15, 0.2) is 0 Å². The molecule has 2 N–H and O–H groups in total. The number of aliphatic hydroxyl groups is 1. The van der Waals surface area contributed by atoms with Gasteiger partial charge in [0.2, 0.25) is 0 Å². The third-order valence-corrected chi connectivity index (χ3v) is 1.96. The molecule has 0 aromatic heterocycles. The Hall–Kier alpha value is -0.150. The molecule has 0 rings (SSSR count). The van der Waals surface area contributed by atoms with Crippen molar-refractivity contribution in [3.05, 3.63) is 11.9 Å². The summed E-state index contributed by atoms with van der Waals surface area (Å²) in [5.41, 5.74) is 0. The van der Waals surface area contributed by atoms with E-state index < -0.39 is 7.60 Å². The summed E-state index contributed by atoms with van der Waals surface area (Å²) in [5, 5.41) is 8.27. The van der Waals surface area contributed by atoms with Gasteiger partial charge in [-0.25, -0.2) is 0 Å². The lowest BCUT2D eigenvalue weighted by molar-refractivity contribution is 0.302. The first-order valence-electron chi connectivity index (χ1n) is 2.79. The van der Waals surface area contributed by atoms with Crippen molar-refractivity contribution in [2.24, 2.45) is 0 Å². The molecule has 0 aliphatic heterocycles. The van der Waals surface area contributed by atoms with Crippen LogP contribution in [-0.2, 0) is 9.09 Å². The monoisotopic (exact) mass is 166 g/mol. The van der Waals surface area contributed by atoms with Crippen LogP contribution in [0, 0.1) is 0 Å². The van der Waals surface area contributed by atoms with E-state index in [2.05, 4.69) is 4.52 Å². The summed E-state index contributed by atoms with van der Waals surface area (Å²) in [6, 6.07) is 0. The van der Waals surface area contributed by atoms with Gasteiger partial charge in [0.25, 0.3) is 0 Å². The van der Waals surface area contributed by atoms with Gasteiger partial charge in [-0.1, -0.05) is 6.08 Å². The lowest BCUT2D eigenvalue weighted by Gasteiger charge is -2.00. The smallest absolute Gasteiger partial charge is 0.351 e. The van der Waals surface area contributed by atoms with Gasteiger partial charge in [0.05, 0.1) is 0 Å². The standard InChI is InChI=1S/C5H11O4P/c1-9-10(7,8)5-3-2-4-6/h3,5-6H,2,4H2,1H3,(H,7,8). The molecule has 0 spiro atoms. The van der Waals surface area contributed by atoms with E-state index in [0.717, 1.165) is 12.9 Å². The molecule has 10 heavy (non-hydrogen) atoms. The molecule has 0 heterocycles. The molecule has 0 bridgehead atoms. The Balaban J connectivity index is 3.75. The largest absolute Gasteiger partial charge is 0.396 e. The zero-order valence-electron chi connectivity index (χ0n) is 5.73. The number of hydrogen-bond donors (Lipinski definition) is 2. The fourth-order valence-corrected chi connectivity index (χ4v) is 0.880. The predicted octanol–water partition coefficient (Wildman–Crippen LogP) is 0.714. The molecule has 1 atom stereocenters. The minimum absolute atomic E-state index is 0.0276. The SMILES string of the molecule is COP(=O)(O)C=CCCO. The third kappa shape index (κ3) is 4.70. The van der Waals surface area contributed by atoms with Crippen LogP contribution in [0.3, 0.4) is 0 Å². The summed E-state index contributed by atoms with van der Waals surface area (Å²) < 4.78 is 14.8. The molecule has 60 valence electrons. The quantitative estimate of drug-likeness (QED) is 0.603. The van der Waals surface area contributed by atoms with Crippen molar-refractivity contribution in [2.75, 3.05) is 13.7 Å². The summed E-state index contributed by atoms with van der Waals surface area (Å²) in [5.74, 6) is 1.06. The molecule has 0 radical (unpaired) electrons. The summed E-state index contributed by atoms with van der Waals surface area (Å²) in [6.07, 6.45) is 1.78. The maximum absolute atomic E-state index is 10.6. The predicted molar refractivity (Wildman–Crippen MR) is 37.7 cm³/mol. The molecule has 0 amide bonds. The van der Waals surface area contributed by atoms with Crippen LogP contribution < -0.4 is 0 Å². The van der Waals surface area contributed by atoms with Crippen molar-refractivity contribution < 1.29 is 19.1 Å². The van der Waals surface area contributed by atoms with Gasteiger partial charge in [0, 0.05) is 19.5 Å². The van der Waals surface area contributed by atoms with E-state index in [9.17, 15) is 4.57 Å². The van der Waals surface area contributed by atoms with Crippen molar-refractivity contribution in [3.63, 3.8) is 0 Å². The van der Waals surface area contributed by atoms with Crippen molar-refractivity contribution in [3.8, 4) is 0 Å². The number of aliphatic hydroxyl groups excluding tert-OH is 1. The molecule has 0 aromatic rings. The molecule has 0 aliphatic carbocycles. The zero-order chi connectivity index (χ0) is 8.04. The fourth-order valence-electron chi connectivity index (χ4n) is 0.343. The minimum atomic E-state index is -3.49. The van der Waals surface area contributed by atoms with Gasteiger partial charge in [0.1, 0.15) is 0 Å². The Bertz CT molecular complexity index is 154. The average molecular weight is 166 g/mol. The molecule has 5 heteroatoms. The van der Waals surface area contributed by atoms with Crippen LogP contribution in [0.4, 0.5) is 0 Å². The van der Waals surface area contributed by atoms with Gasteiger partial charge >= 0.3 is 7.60 Å². The second kappa shape index (κ2) is 4.63. The van der Waals surface area contributed by atoms with E-state index in [-0.39, 0.29) is 6.61 Å². The van der Waals surface area contributed by atoms with Gasteiger partial charge in [-0.15, -0.1) is 0 Å². The van der Waals surface area contributed by atoms with E-state index in [0.29, 0.717) is 6.42 Å². The molecule has 0 aromatic carbocycles. The van der Waals surface area contributed by atoms with Gasteiger partial charge in [-0.3, -0.25) is 4.57 Å². The Morgan fingerprint density at radius 2 is 2.30 bits per heavy atom. The number of rotatable bonds is 4. The van der Waals surface area contributed by atoms with E-state index in [1.165, 1.54) is 6.08 Å². The Morgan fingerprint density at radius 1 is 1.70 bits per heavy atom. The van der Waals surface area contributed by atoms with Crippen LogP contribution in [0.15, 0.2) is 11.9 Å². The Labute approximate surface area is 59.7 Å². The average Bonchev–Trinajstić information content (AvgIpc) is 1.89. The van der Waals surface area contributed by atoms with Gasteiger partial charge in [-0.2, -0.15) is 0 Å². The van der Waals surface area contributed by atoms with Gasteiger partial charge in [-0.05, 0) is 6.42 Å². The molecule has 0 saturated heterocycles. The van der Waals surface area contributed by atoms with E-state index >= 15 is 0 Å². The maximum atomic E-state index is 10.6. The molecule has 1 unspecified atom stereocenters. The first-order chi connectivity index (χ1) is 4.62. The summed E-state index contributed by atoms with van der Waals surface area (Å²) in [4.78, 5) is 8.71. The van der Waals surface area contributed by atoms with E-state index in [4.69, 9.17) is 10.00 Å².